The molecule has 0 heterocycles. The van der Waals surface area contributed by atoms with Crippen LogP contribution in [0.15, 0.2) is 53.4 Å². The number of nitrogens with one attached hydrogen (secondary N) is 3. The van der Waals surface area contributed by atoms with Crippen LogP contribution in [-0.2, 0) is 14.8 Å². The predicted molar refractivity (Wildman–Crippen MR) is 105 cm³/mol. The number of benzene rings is 2. The average Bonchev–Trinajstić information content (AvgIpc) is 2.60. The van der Waals surface area contributed by atoms with Crippen molar-refractivity contribution in [2.24, 2.45) is 5.92 Å². The first-order chi connectivity index (χ1) is 12.7. The third-order valence-electron chi connectivity index (χ3n) is 3.53. The molecule has 3 N–H and O–H groups in total. The molecular weight excluding hydrogens is 366 g/mol. The SMILES string of the molecule is CC(=O)Nc1cccc(NC(=O)c2cccc(S(=O)(=O)NCC(C)C)c2)c1. The van der Waals surface area contributed by atoms with E-state index in [0.717, 1.165) is 0 Å². The molecule has 0 aliphatic heterocycles. The molecule has 7 nitrogen and oxygen atoms in total. The van der Waals surface area contributed by atoms with E-state index >= 15 is 0 Å². The summed E-state index contributed by atoms with van der Waals surface area (Å²) in [5.74, 6) is -0.497. The molecule has 0 bridgehead atoms. The fourth-order valence-corrected chi connectivity index (χ4v) is 3.50. The second kappa shape index (κ2) is 8.79. The molecule has 2 amide bonds. The van der Waals surface area contributed by atoms with Crippen molar-refractivity contribution < 1.29 is 18.0 Å². The molecule has 2 rings (SSSR count). The lowest BCUT2D eigenvalue weighted by atomic mass is 10.2. The molecule has 0 fully saturated rings. The molecule has 2 aromatic carbocycles. The van der Waals surface area contributed by atoms with Crippen LogP contribution in [0.4, 0.5) is 11.4 Å². The number of hydrogen-bond acceptors (Lipinski definition) is 4. The van der Waals surface area contributed by atoms with Crippen molar-refractivity contribution in [3.63, 3.8) is 0 Å². The van der Waals surface area contributed by atoms with Crippen LogP contribution in [0.5, 0.6) is 0 Å². The van der Waals surface area contributed by atoms with Crippen LogP contribution in [0, 0.1) is 5.92 Å². The summed E-state index contributed by atoms with van der Waals surface area (Å²) in [5.41, 5.74) is 1.25. The molecule has 0 saturated carbocycles. The van der Waals surface area contributed by atoms with E-state index in [0.29, 0.717) is 17.9 Å². The smallest absolute Gasteiger partial charge is 0.255 e. The zero-order valence-corrected chi connectivity index (χ0v) is 16.3. The van der Waals surface area contributed by atoms with E-state index < -0.39 is 15.9 Å². The fraction of sp³-hybridized carbons (Fsp3) is 0.263. The lowest BCUT2D eigenvalue weighted by molar-refractivity contribution is -0.114. The minimum absolute atomic E-state index is 0.0304. The summed E-state index contributed by atoms with van der Waals surface area (Å²) < 4.78 is 27.2. The molecule has 0 spiro atoms. The van der Waals surface area contributed by atoms with Gasteiger partial charge in [-0.15, -0.1) is 0 Å². The lowest BCUT2D eigenvalue weighted by Gasteiger charge is -2.11. The van der Waals surface area contributed by atoms with Gasteiger partial charge in [0.15, 0.2) is 0 Å². The van der Waals surface area contributed by atoms with E-state index in [-0.39, 0.29) is 22.3 Å². The van der Waals surface area contributed by atoms with Crippen LogP contribution < -0.4 is 15.4 Å². The van der Waals surface area contributed by atoms with Gasteiger partial charge in [-0.1, -0.05) is 26.0 Å². The summed E-state index contributed by atoms with van der Waals surface area (Å²) in [6, 6.07) is 12.5. The van der Waals surface area contributed by atoms with E-state index in [4.69, 9.17) is 0 Å². The minimum atomic E-state index is -3.68. The van der Waals surface area contributed by atoms with E-state index in [1.54, 1.807) is 24.3 Å². The standard InChI is InChI=1S/C19H23N3O4S/c1-13(2)12-20-27(25,26)18-9-4-6-15(10-18)19(24)22-17-8-5-7-16(11-17)21-14(3)23/h4-11,13,20H,12H2,1-3H3,(H,21,23)(H,22,24). The molecule has 0 saturated heterocycles. The summed E-state index contributed by atoms with van der Waals surface area (Å²) in [7, 11) is -3.68. The first-order valence-corrected chi connectivity index (χ1v) is 9.94. The van der Waals surface area contributed by atoms with Gasteiger partial charge < -0.3 is 10.6 Å². The molecule has 2 aromatic rings. The first kappa shape index (κ1) is 20.6. The number of rotatable bonds is 7. The van der Waals surface area contributed by atoms with Crippen molar-refractivity contribution in [3.8, 4) is 0 Å². The molecule has 0 atom stereocenters. The molecular formula is C19H23N3O4S. The molecule has 0 radical (unpaired) electrons. The molecule has 27 heavy (non-hydrogen) atoms. The van der Waals surface area contributed by atoms with E-state index in [2.05, 4.69) is 15.4 Å². The van der Waals surface area contributed by atoms with E-state index in [1.165, 1.54) is 31.2 Å². The Kier molecular flexibility index (Phi) is 6.70. The second-order valence-corrected chi connectivity index (χ2v) is 8.26. The summed E-state index contributed by atoms with van der Waals surface area (Å²) in [4.78, 5) is 23.6. The van der Waals surface area contributed by atoms with Crippen molar-refractivity contribution in [2.45, 2.75) is 25.7 Å². The van der Waals surface area contributed by atoms with Gasteiger partial charge in [0, 0.05) is 30.4 Å². The Labute approximate surface area is 159 Å². The van der Waals surface area contributed by atoms with Crippen molar-refractivity contribution in [3.05, 3.63) is 54.1 Å². The van der Waals surface area contributed by atoms with Gasteiger partial charge >= 0.3 is 0 Å². The maximum absolute atomic E-state index is 12.5. The van der Waals surface area contributed by atoms with Crippen molar-refractivity contribution in [1.82, 2.24) is 4.72 Å². The van der Waals surface area contributed by atoms with E-state index in [9.17, 15) is 18.0 Å². The fourth-order valence-electron chi connectivity index (χ4n) is 2.25. The number of carbonyl (C=O) groups excluding carboxylic acids is 2. The highest BCUT2D eigenvalue weighted by molar-refractivity contribution is 7.89. The summed E-state index contributed by atoms with van der Waals surface area (Å²) in [6.45, 7) is 5.52. The highest BCUT2D eigenvalue weighted by atomic mass is 32.2. The zero-order valence-electron chi connectivity index (χ0n) is 15.4. The molecule has 144 valence electrons. The Hall–Kier alpha value is -2.71. The van der Waals surface area contributed by atoms with Crippen molar-refractivity contribution in [2.75, 3.05) is 17.2 Å². The molecule has 0 aromatic heterocycles. The molecule has 0 aliphatic carbocycles. The van der Waals surface area contributed by atoms with Gasteiger partial charge in [0.25, 0.3) is 5.91 Å². The number of amides is 2. The Morgan fingerprint density at radius 3 is 2.22 bits per heavy atom. The summed E-state index contributed by atoms with van der Waals surface area (Å²) in [5, 5.41) is 5.33. The van der Waals surface area contributed by atoms with Gasteiger partial charge in [0.1, 0.15) is 0 Å². The second-order valence-electron chi connectivity index (χ2n) is 6.49. The summed E-state index contributed by atoms with van der Waals surface area (Å²) in [6.07, 6.45) is 0. The average molecular weight is 389 g/mol. The van der Waals surface area contributed by atoms with Gasteiger partial charge in [-0.2, -0.15) is 0 Å². The van der Waals surface area contributed by atoms with Gasteiger partial charge in [0.05, 0.1) is 4.90 Å². The van der Waals surface area contributed by atoms with Crippen LogP contribution in [0.1, 0.15) is 31.1 Å². The van der Waals surface area contributed by atoms with Crippen LogP contribution in [0.3, 0.4) is 0 Å². The zero-order chi connectivity index (χ0) is 20.0. The van der Waals surface area contributed by atoms with Gasteiger partial charge in [-0.25, -0.2) is 13.1 Å². The highest BCUT2D eigenvalue weighted by Gasteiger charge is 2.16. The highest BCUT2D eigenvalue weighted by Crippen LogP contribution is 2.17. The number of hydrogen-bond donors (Lipinski definition) is 3. The Balaban J connectivity index is 2.17. The number of sulfonamides is 1. The predicted octanol–water partition coefficient (Wildman–Crippen LogP) is 2.83. The van der Waals surface area contributed by atoms with Gasteiger partial charge in [-0.3, -0.25) is 9.59 Å². The maximum Gasteiger partial charge on any atom is 0.255 e. The van der Waals surface area contributed by atoms with Gasteiger partial charge in [-0.05, 0) is 42.3 Å². The van der Waals surface area contributed by atoms with Crippen LogP contribution in [-0.4, -0.2) is 26.8 Å². The van der Waals surface area contributed by atoms with E-state index in [1.807, 2.05) is 13.8 Å². The van der Waals surface area contributed by atoms with Crippen LogP contribution in [0.2, 0.25) is 0 Å². The largest absolute Gasteiger partial charge is 0.326 e. The Morgan fingerprint density at radius 1 is 0.963 bits per heavy atom. The monoisotopic (exact) mass is 389 g/mol. The lowest BCUT2D eigenvalue weighted by Crippen LogP contribution is -2.27. The van der Waals surface area contributed by atoms with Crippen molar-refractivity contribution >= 4 is 33.2 Å². The Bertz CT molecular complexity index is 939. The maximum atomic E-state index is 12.5. The Morgan fingerprint density at radius 2 is 1.59 bits per heavy atom. The normalized spacial score (nSPS) is 11.3. The van der Waals surface area contributed by atoms with Crippen LogP contribution >= 0.6 is 0 Å². The van der Waals surface area contributed by atoms with Gasteiger partial charge in [0.2, 0.25) is 15.9 Å². The topological polar surface area (TPSA) is 104 Å². The quantitative estimate of drug-likeness (QED) is 0.677. The molecule has 0 aliphatic rings. The first-order valence-electron chi connectivity index (χ1n) is 8.46. The number of anilines is 2. The third kappa shape index (κ3) is 6.19. The summed E-state index contributed by atoms with van der Waals surface area (Å²) >= 11 is 0. The van der Waals surface area contributed by atoms with Crippen molar-refractivity contribution in [1.29, 1.82) is 0 Å². The molecule has 8 heteroatoms. The third-order valence-corrected chi connectivity index (χ3v) is 4.95. The van der Waals surface area contributed by atoms with Crippen LogP contribution in [0.25, 0.3) is 0 Å². The minimum Gasteiger partial charge on any atom is -0.326 e. The molecule has 0 unspecified atom stereocenters. The number of carbonyl (C=O) groups is 2.